The van der Waals surface area contributed by atoms with Gasteiger partial charge in [0.1, 0.15) is 0 Å². The monoisotopic (exact) mass is 510 g/mol. The van der Waals surface area contributed by atoms with Crippen LogP contribution in [0.15, 0.2) is 115 Å². The molecule has 0 saturated heterocycles. The number of fused-ring (bicyclic) bond motifs is 2. The predicted octanol–water partition coefficient (Wildman–Crippen LogP) is 7.55. The molecular weight excluding hydrogens is 489 g/mol. The van der Waals surface area contributed by atoms with Crippen LogP contribution < -0.4 is 10.4 Å². The van der Waals surface area contributed by atoms with Crippen LogP contribution in [-0.4, -0.2) is 18.5 Å². The smallest absolute Gasteiger partial charge is 0.294 e. The van der Waals surface area contributed by atoms with E-state index >= 15 is 0 Å². The highest BCUT2D eigenvalue weighted by atomic mass is 32.2. The van der Waals surface area contributed by atoms with Gasteiger partial charge in [0.2, 0.25) is 0 Å². The summed E-state index contributed by atoms with van der Waals surface area (Å²) in [6.45, 7) is 0. The second-order valence-corrected chi connectivity index (χ2v) is 9.14. The molecule has 0 aliphatic heterocycles. The fourth-order valence-corrected chi connectivity index (χ4v) is 3.70. The molecule has 184 valence electrons. The molecule has 9 heteroatoms. The van der Waals surface area contributed by atoms with Gasteiger partial charge in [-0.15, -0.1) is 0 Å². The largest absolute Gasteiger partial charge is 0.522 e. The zero-order chi connectivity index (χ0) is 25.8. The molecule has 0 aromatic heterocycles. The molecular formula is C27H21F3N2O3S. The summed E-state index contributed by atoms with van der Waals surface area (Å²) in [5.41, 5.74) is 1.39. The summed E-state index contributed by atoms with van der Waals surface area (Å²) >= 11 is 0. The van der Waals surface area contributed by atoms with E-state index in [4.69, 9.17) is 13.0 Å². The third-order valence-corrected chi connectivity index (χ3v) is 5.91. The molecule has 5 aromatic carbocycles. The molecule has 5 nitrogen and oxygen atoms in total. The molecule has 0 fully saturated rings. The Morgan fingerprint density at radius 2 is 1.00 bits per heavy atom. The summed E-state index contributed by atoms with van der Waals surface area (Å²) in [6, 6.07) is 40.2. The highest BCUT2D eigenvalue weighted by molar-refractivity contribution is 7.86. The van der Waals surface area contributed by atoms with Gasteiger partial charge in [-0.3, -0.25) is 15.0 Å². The Morgan fingerprint density at radius 1 is 0.611 bits per heavy atom. The van der Waals surface area contributed by atoms with E-state index in [1.807, 2.05) is 18.2 Å². The Morgan fingerprint density at radius 3 is 1.44 bits per heavy atom. The summed E-state index contributed by atoms with van der Waals surface area (Å²) in [4.78, 5) is 0. The summed E-state index contributed by atoms with van der Waals surface area (Å²) in [6.07, 6.45) is 0. The number of para-hydroxylation sites is 1. The predicted molar refractivity (Wildman–Crippen MR) is 138 cm³/mol. The van der Waals surface area contributed by atoms with Gasteiger partial charge in [0.25, 0.3) is 0 Å². The first-order valence-corrected chi connectivity index (χ1v) is 12.2. The minimum Gasteiger partial charge on any atom is -0.294 e. The number of benzene rings is 5. The van der Waals surface area contributed by atoms with Gasteiger partial charge in [0.15, 0.2) is 0 Å². The van der Waals surface area contributed by atoms with Crippen molar-refractivity contribution >= 4 is 48.7 Å². The van der Waals surface area contributed by atoms with Crippen LogP contribution in [0.3, 0.4) is 0 Å². The van der Waals surface area contributed by atoms with E-state index in [0.717, 1.165) is 17.1 Å². The van der Waals surface area contributed by atoms with Crippen molar-refractivity contribution in [1.29, 1.82) is 0 Å². The Kier molecular flexibility index (Phi) is 7.14. The number of rotatable bonds is 4. The zero-order valence-electron chi connectivity index (χ0n) is 18.7. The molecule has 5 aromatic rings. The first kappa shape index (κ1) is 25.0. The molecule has 0 atom stereocenters. The molecule has 0 bridgehead atoms. The highest BCUT2D eigenvalue weighted by Gasteiger charge is 2.44. The Bertz CT molecular complexity index is 1500. The average molecular weight is 511 g/mol. The normalized spacial score (nSPS) is 11.6. The molecule has 0 radical (unpaired) electrons. The van der Waals surface area contributed by atoms with Crippen molar-refractivity contribution in [3.05, 3.63) is 115 Å². The quantitative estimate of drug-likeness (QED) is 0.148. The van der Waals surface area contributed by atoms with Gasteiger partial charge in [-0.25, -0.2) is 0 Å². The lowest BCUT2D eigenvalue weighted by Crippen LogP contribution is -2.24. The van der Waals surface area contributed by atoms with Crippen LogP contribution in [-0.2, 0) is 10.1 Å². The molecule has 0 spiro atoms. The average Bonchev–Trinajstić information content (AvgIpc) is 2.87. The maximum absolute atomic E-state index is 10.7. The van der Waals surface area contributed by atoms with Crippen LogP contribution in [0.4, 0.5) is 30.2 Å². The maximum Gasteiger partial charge on any atom is 0.522 e. The number of hydrogen-bond acceptors (Lipinski definition) is 4. The molecule has 0 unspecified atom stereocenters. The minimum atomic E-state index is -5.84. The number of nitrogens with one attached hydrogen (secondary N) is 1. The van der Waals surface area contributed by atoms with Gasteiger partial charge in [-0.1, -0.05) is 91.0 Å². The number of nitrogens with zero attached hydrogens (tertiary/aromatic N) is 1. The number of anilines is 3. The maximum atomic E-state index is 10.7. The van der Waals surface area contributed by atoms with Crippen molar-refractivity contribution < 1.29 is 26.1 Å². The van der Waals surface area contributed by atoms with Gasteiger partial charge in [-0.05, 0) is 35.0 Å². The van der Waals surface area contributed by atoms with E-state index in [1.54, 1.807) is 0 Å². The van der Waals surface area contributed by atoms with Gasteiger partial charge in [0.05, 0.1) is 17.1 Å². The van der Waals surface area contributed by atoms with E-state index in [2.05, 4.69) is 107 Å². The Balaban J connectivity index is 0.000000331. The van der Waals surface area contributed by atoms with Crippen LogP contribution in [0.5, 0.6) is 0 Å². The summed E-state index contributed by atoms with van der Waals surface area (Å²) in [5.74, 6) is 0. The second-order valence-electron chi connectivity index (χ2n) is 7.73. The van der Waals surface area contributed by atoms with Crippen LogP contribution in [0.2, 0.25) is 0 Å². The Labute approximate surface area is 206 Å². The molecule has 2 N–H and O–H groups in total. The first-order chi connectivity index (χ1) is 17.1. The zero-order valence-corrected chi connectivity index (χ0v) is 19.5. The lowest BCUT2D eigenvalue weighted by atomic mass is 10.1. The second kappa shape index (κ2) is 10.3. The van der Waals surface area contributed by atoms with E-state index in [9.17, 15) is 13.2 Å². The Hall–Kier alpha value is -4.08. The molecule has 36 heavy (non-hydrogen) atoms. The van der Waals surface area contributed by atoms with Crippen LogP contribution in [0.1, 0.15) is 0 Å². The van der Waals surface area contributed by atoms with Crippen molar-refractivity contribution in [3.8, 4) is 0 Å². The van der Waals surface area contributed by atoms with Gasteiger partial charge in [-0.2, -0.15) is 21.6 Å². The van der Waals surface area contributed by atoms with Gasteiger partial charge < -0.3 is 0 Å². The summed E-state index contributed by atoms with van der Waals surface area (Å²) in [5, 5.41) is 7.06. The molecule has 0 aliphatic carbocycles. The van der Waals surface area contributed by atoms with E-state index in [1.165, 1.54) is 21.5 Å². The standard InChI is InChI=1S/C26H20N2.CHF3O3S/c1-2-14-22(15-3-1)27-28(25-18-8-12-20-10-4-6-16-23(20)25)26-19-9-13-21-11-5-7-17-24(21)26;2-1(3,4)8(5,6)7/h1-19,27H;(H,5,6,7). The number of hydrazine groups is 1. The highest BCUT2D eigenvalue weighted by Crippen LogP contribution is 2.36. The van der Waals surface area contributed by atoms with Crippen molar-refractivity contribution in [1.82, 2.24) is 0 Å². The van der Waals surface area contributed by atoms with Crippen LogP contribution >= 0.6 is 0 Å². The topological polar surface area (TPSA) is 69.6 Å². The molecule has 0 aliphatic rings. The van der Waals surface area contributed by atoms with E-state index in [-0.39, 0.29) is 0 Å². The van der Waals surface area contributed by atoms with Crippen LogP contribution in [0.25, 0.3) is 21.5 Å². The van der Waals surface area contributed by atoms with Crippen LogP contribution in [0, 0.1) is 0 Å². The van der Waals surface area contributed by atoms with E-state index < -0.39 is 15.6 Å². The van der Waals surface area contributed by atoms with Gasteiger partial charge >= 0.3 is 15.6 Å². The lowest BCUT2D eigenvalue weighted by molar-refractivity contribution is -0.0510. The lowest BCUT2D eigenvalue weighted by Gasteiger charge is -2.29. The number of halogens is 3. The van der Waals surface area contributed by atoms with Crippen molar-refractivity contribution in [3.63, 3.8) is 0 Å². The molecule has 5 rings (SSSR count). The molecule has 0 amide bonds. The molecule has 0 heterocycles. The summed E-state index contributed by atoms with van der Waals surface area (Å²) in [7, 11) is -5.84. The minimum absolute atomic E-state index is 1.04. The number of hydrogen-bond donors (Lipinski definition) is 2. The van der Waals surface area contributed by atoms with Crippen molar-refractivity contribution in [2.45, 2.75) is 5.51 Å². The molecule has 0 saturated carbocycles. The van der Waals surface area contributed by atoms with Crippen molar-refractivity contribution in [2.24, 2.45) is 0 Å². The van der Waals surface area contributed by atoms with Gasteiger partial charge in [0, 0.05) is 10.8 Å². The fraction of sp³-hybridized carbons (Fsp3) is 0.0370. The van der Waals surface area contributed by atoms with Crippen molar-refractivity contribution in [2.75, 3.05) is 10.4 Å². The third kappa shape index (κ3) is 5.59. The fourth-order valence-electron chi connectivity index (χ4n) is 3.70. The van der Waals surface area contributed by atoms with E-state index in [0.29, 0.717) is 0 Å². The number of alkyl halides is 3. The third-order valence-electron chi connectivity index (χ3n) is 5.32. The first-order valence-electron chi connectivity index (χ1n) is 10.8. The SMILES string of the molecule is O=S(=O)(O)C(F)(F)F.c1ccc(NN(c2cccc3ccccc23)c2cccc3ccccc23)cc1. The summed E-state index contributed by atoms with van der Waals surface area (Å²) < 4.78 is 57.5.